The van der Waals surface area contributed by atoms with Crippen LogP contribution in [0.5, 0.6) is 0 Å². The predicted octanol–water partition coefficient (Wildman–Crippen LogP) is 1.39. The lowest BCUT2D eigenvalue weighted by atomic mass is 9.85. The van der Waals surface area contributed by atoms with Gasteiger partial charge in [0.15, 0.2) is 5.69 Å². The fraction of sp³-hybridized carbons (Fsp3) is 0.381. The number of carbonyl (C=O) groups is 1. The van der Waals surface area contributed by atoms with Gasteiger partial charge in [-0.2, -0.15) is 10.4 Å². The second-order valence-electron chi connectivity index (χ2n) is 7.70. The van der Waals surface area contributed by atoms with Gasteiger partial charge < -0.3 is 27.5 Å². The summed E-state index contributed by atoms with van der Waals surface area (Å²) in [5.41, 5.74) is 16.2. The molecule has 1 aromatic heterocycles. The van der Waals surface area contributed by atoms with Gasteiger partial charge in [0.1, 0.15) is 17.6 Å². The van der Waals surface area contributed by atoms with Crippen LogP contribution in [0, 0.1) is 18.3 Å². The number of anilines is 3. The molecule has 9 N–H and O–H groups in total. The van der Waals surface area contributed by atoms with Crippen molar-refractivity contribution in [1.29, 1.82) is 5.41 Å². The molecule has 10 nitrogen and oxygen atoms in total. The number of nitrogens with zero attached hydrogens (tertiary/aromatic N) is 3. The summed E-state index contributed by atoms with van der Waals surface area (Å²) in [5.74, 6) is 0.509. The van der Waals surface area contributed by atoms with Crippen molar-refractivity contribution in [2.24, 2.45) is 22.5 Å². The predicted molar refractivity (Wildman–Crippen MR) is 122 cm³/mol. The molecule has 10 heteroatoms. The highest BCUT2D eigenvalue weighted by Gasteiger charge is 2.22. The van der Waals surface area contributed by atoms with E-state index in [1.165, 1.54) is 25.3 Å². The first-order chi connectivity index (χ1) is 15.0. The third-order valence-corrected chi connectivity index (χ3v) is 5.46. The highest BCUT2D eigenvalue weighted by atomic mass is 16.1. The number of quaternary nitrogens is 1. The van der Waals surface area contributed by atoms with Crippen LogP contribution >= 0.6 is 0 Å². The lowest BCUT2D eigenvalue weighted by molar-refractivity contribution is -0.577. The molecule has 0 radical (unpaired) electrons. The van der Waals surface area contributed by atoms with Gasteiger partial charge in [-0.15, -0.1) is 0 Å². The van der Waals surface area contributed by atoms with E-state index < -0.39 is 5.91 Å². The fourth-order valence-electron chi connectivity index (χ4n) is 3.62. The first-order valence-electron chi connectivity index (χ1n) is 10.4. The van der Waals surface area contributed by atoms with E-state index in [0.29, 0.717) is 24.2 Å². The van der Waals surface area contributed by atoms with Crippen LogP contribution in [-0.4, -0.2) is 40.9 Å². The van der Waals surface area contributed by atoms with Crippen LogP contribution in [0.2, 0.25) is 0 Å². The van der Waals surface area contributed by atoms with E-state index in [9.17, 15) is 4.79 Å². The van der Waals surface area contributed by atoms with E-state index in [0.717, 1.165) is 36.0 Å². The lowest BCUT2D eigenvalue weighted by Gasteiger charge is -2.28. The molecule has 3 rings (SSSR count). The van der Waals surface area contributed by atoms with Crippen molar-refractivity contribution in [3.05, 3.63) is 35.5 Å². The molecule has 1 amide bonds. The summed E-state index contributed by atoms with van der Waals surface area (Å²) in [6.45, 7) is 2.65. The fourth-order valence-corrected chi connectivity index (χ4v) is 3.62. The van der Waals surface area contributed by atoms with Crippen LogP contribution in [-0.2, 0) is 0 Å². The summed E-state index contributed by atoms with van der Waals surface area (Å²) in [6, 6.07) is 5.88. The number of amides is 1. The summed E-state index contributed by atoms with van der Waals surface area (Å²) in [4.78, 5) is 20.6. The van der Waals surface area contributed by atoms with E-state index in [-0.39, 0.29) is 11.6 Å². The van der Waals surface area contributed by atoms with E-state index in [1.807, 2.05) is 25.1 Å². The molecule has 0 aliphatic heterocycles. The van der Waals surface area contributed by atoms with Gasteiger partial charge in [0.05, 0.1) is 0 Å². The number of nitrogens with one attached hydrogen (secondary N) is 3. The number of primary amides is 1. The molecule has 31 heavy (non-hydrogen) atoms. The monoisotopic (exact) mass is 424 g/mol. The zero-order valence-corrected chi connectivity index (χ0v) is 17.6. The maximum Gasteiger partial charge on any atom is 0.254 e. The summed E-state index contributed by atoms with van der Waals surface area (Å²) in [5, 5.41) is 17.5. The molecule has 1 saturated carbocycles. The van der Waals surface area contributed by atoms with Gasteiger partial charge in [-0.3, -0.25) is 4.79 Å². The zero-order valence-electron chi connectivity index (χ0n) is 17.6. The van der Waals surface area contributed by atoms with Crippen LogP contribution in [0.25, 0.3) is 0 Å². The Balaban J connectivity index is 1.78. The summed E-state index contributed by atoms with van der Waals surface area (Å²) >= 11 is 0. The number of benzene rings is 1. The Morgan fingerprint density at radius 1 is 1.39 bits per heavy atom. The highest BCUT2D eigenvalue weighted by molar-refractivity contribution is 6.14. The van der Waals surface area contributed by atoms with Crippen LogP contribution in [0.15, 0.2) is 29.5 Å². The molecule has 1 fully saturated rings. The highest BCUT2D eigenvalue weighted by Crippen LogP contribution is 2.25. The van der Waals surface area contributed by atoms with E-state index in [4.69, 9.17) is 16.9 Å². The molecule has 2 aromatic rings. The molecule has 0 unspecified atom stereocenters. The molecule has 0 bridgehead atoms. The van der Waals surface area contributed by atoms with Gasteiger partial charge in [0, 0.05) is 42.3 Å². The van der Waals surface area contributed by atoms with E-state index >= 15 is 0 Å². The molecule has 2 atom stereocenters. The van der Waals surface area contributed by atoms with Crippen LogP contribution < -0.4 is 27.5 Å². The number of aromatic nitrogens is 2. The molecule has 1 aliphatic rings. The van der Waals surface area contributed by atoms with Gasteiger partial charge in [-0.05, 0) is 31.7 Å². The second-order valence-corrected chi connectivity index (χ2v) is 7.70. The maximum atomic E-state index is 11.9. The smallest absolute Gasteiger partial charge is 0.254 e. The van der Waals surface area contributed by atoms with Crippen molar-refractivity contribution in [2.45, 2.75) is 38.6 Å². The van der Waals surface area contributed by atoms with Gasteiger partial charge in [0.25, 0.3) is 5.91 Å². The number of carbonyl (C=O) groups excluding carboxylic acids is 1. The minimum atomic E-state index is -0.613. The number of aryl methyl sites for hydroxylation is 1. The van der Waals surface area contributed by atoms with E-state index in [1.54, 1.807) is 5.43 Å². The Bertz CT molecular complexity index is 960. The number of hydrogen-bond acceptors (Lipinski definition) is 8. The van der Waals surface area contributed by atoms with Crippen molar-refractivity contribution in [2.75, 3.05) is 17.2 Å². The Kier molecular flexibility index (Phi) is 7.63. The van der Waals surface area contributed by atoms with Crippen molar-refractivity contribution < 1.29 is 10.2 Å². The Morgan fingerprint density at radius 2 is 2.19 bits per heavy atom. The minimum Gasteiger partial charge on any atom is -0.365 e. The van der Waals surface area contributed by atoms with Crippen molar-refractivity contribution in [1.82, 2.24) is 9.97 Å². The van der Waals surface area contributed by atoms with Gasteiger partial charge >= 0.3 is 0 Å². The van der Waals surface area contributed by atoms with Crippen LogP contribution in [0.3, 0.4) is 0 Å². The van der Waals surface area contributed by atoms with Crippen molar-refractivity contribution in [3.63, 3.8) is 0 Å². The minimum absolute atomic E-state index is 0.182. The topological polar surface area (TPSA) is 172 Å². The van der Waals surface area contributed by atoms with E-state index in [2.05, 4.69) is 25.7 Å². The molecular formula is C21H30N9O+. The summed E-state index contributed by atoms with van der Waals surface area (Å²) in [7, 11) is 0. The largest absolute Gasteiger partial charge is 0.365 e. The third kappa shape index (κ3) is 6.06. The number of nitrogens with two attached hydrogens (primary N) is 3. The zero-order chi connectivity index (χ0) is 22.2. The average molecular weight is 425 g/mol. The first-order valence-corrected chi connectivity index (χ1v) is 10.4. The lowest BCUT2D eigenvalue weighted by Crippen LogP contribution is -2.71. The van der Waals surface area contributed by atoms with Crippen LogP contribution in [0.4, 0.5) is 23.1 Å². The molecule has 1 aromatic carbocycles. The Labute approximate surface area is 181 Å². The Morgan fingerprint density at radius 3 is 2.94 bits per heavy atom. The Hall–Kier alpha value is -3.37. The third-order valence-electron chi connectivity index (χ3n) is 5.46. The molecule has 0 spiro atoms. The first kappa shape index (κ1) is 22.3. The van der Waals surface area contributed by atoms with Gasteiger partial charge in [-0.1, -0.05) is 24.0 Å². The number of hydrogen-bond donors (Lipinski definition) is 6. The molecule has 1 heterocycles. The molecular weight excluding hydrogens is 394 g/mol. The maximum absolute atomic E-state index is 11.9. The molecule has 1 aliphatic carbocycles. The molecule has 164 valence electrons. The standard InChI is InChI=1S/C21H29N9O/c1-13-6-7-15(10-18(13)30-27-9-8-22)28-20-16(19(24)31)12-26-21(29-20)25-11-14-4-2-3-5-17(14)23/h6-10,12,14,17,22,30H,2-5,11,23H2,1H3,(H2,24,31)(H2,25,26,28,29)/p+1/b22-8?,27-9-/t14-,17-/m0/s1. The van der Waals surface area contributed by atoms with Crippen LogP contribution in [0.1, 0.15) is 41.6 Å². The van der Waals surface area contributed by atoms with Gasteiger partial charge in [0.2, 0.25) is 5.95 Å². The average Bonchev–Trinajstić information content (AvgIpc) is 2.75. The second kappa shape index (κ2) is 10.6. The quantitative estimate of drug-likeness (QED) is 0.154. The SMILES string of the molecule is Cc1ccc(Nc2nc(NC[C@@H]3CCCC[C@@H]3N)ncc2C(N)=O)cc1[NH2+]/N=C\C=N. The van der Waals surface area contributed by atoms with Crippen molar-refractivity contribution in [3.8, 4) is 0 Å². The molecule has 0 saturated heterocycles. The van der Waals surface area contributed by atoms with Crippen molar-refractivity contribution >= 4 is 41.5 Å². The normalized spacial score (nSPS) is 18.6. The summed E-state index contributed by atoms with van der Waals surface area (Å²) < 4.78 is 0. The number of rotatable bonds is 9. The van der Waals surface area contributed by atoms with Gasteiger partial charge in [-0.25, -0.2) is 4.98 Å². The summed E-state index contributed by atoms with van der Waals surface area (Å²) in [6.07, 6.45) is 8.42.